The van der Waals surface area contributed by atoms with E-state index in [1.54, 1.807) is 29.7 Å². The van der Waals surface area contributed by atoms with E-state index in [0.717, 1.165) is 34.0 Å². The molecule has 31 heavy (non-hydrogen) atoms. The SMILES string of the molecule is Cc1nc(-c2ccn3c(-c4cccc(NC(=O)NCC(F)(F)F)c4)cnc3c2)cn1C. The number of carbonyl (C=O) groups excluding carboxylic acids is 1. The summed E-state index contributed by atoms with van der Waals surface area (Å²) in [6, 6.07) is 9.75. The highest BCUT2D eigenvalue weighted by atomic mass is 19.4. The monoisotopic (exact) mass is 428 g/mol. The fourth-order valence-corrected chi connectivity index (χ4v) is 3.16. The first-order valence-corrected chi connectivity index (χ1v) is 9.39. The summed E-state index contributed by atoms with van der Waals surface area (Å²) in [4.78, 5) is 20.7. The minimum Gasteiger partial charge on any atom is -0.338 e. The van der Waals surface area contributed by atoms with Crippen molar-refractivity contribution in [2.45, 2.75) is 13.1 Å². The van der Waals surface area contributed by atoms with E-state index in [0.29, 0.717) is 5.69 Å². The molecule has 4 aromatic rings. The molecule has 0 aliphatic carbocycles. The fraction of sp³-hybridized carbons (Fsp3) is 0.190. The van der Waals surface area contributed by atoms with Crippen molar-refractivity contribution in [3.8, 4) is 22.5 Å². The van der Waals surface area contributed by atoms with Crippen LogP contribution in [0.1, 0.15) is 5.82 Å². The second-order valence-electron chi connectivity index (χ2n) is 7.07. The number of anilines is 1. The summed E-state index contributed by atoms with van der Waals surface area (Å²) in [6.45, 7) is 0.532. The van der Waals surface area contributed by atoms with Gasteiger partial charge in [0.1, 0.15) is 18.0 Å². The van der Waals surface area contributed by atoms with Gasteiger partial charge in [-0.2, -0.15) is 13.2 Å². The average Bonchev–Trinajstić information content (AvgIpc) is 3.29. The predicted molar refractivity (Wildman–Crippen MR) is 111 cm³/mol. The minimum absolute atomic E-state index is 0.368. The Bertz CT molecular complexity index is 1240. The highest BCUT2D eigenvalue weighted by Crippen LogP contribution is 2.26. The third-order valence-corrected chi connectivity index (χ3v) is 4.78. The van der Waals surface area contributed by atoms with Crippen LogP contribution in [0.25, 0.3) is 28.2 Å². The number of alkyl halides is 3. The first-order chi connectivity index (χ1) is 14.7. The maximum Gasteiger partial charge on any atom is 0.405 e. The van der Waals surface area contributed by atoms with E-state index in [-0.39, 0.29) is 0 Å². The number of rotatable bonds is 4. The minimum atomic E-state index is -4.47. The standard InChI is InChI=1S/C21H19F3N6O/c1-13-27-17(11-29(13)2)14-6-7-30-18(10-25-19(30)9-14)15-4-3-5-16(8-15)28-20(31)26-12-21(22,23)24/h3-11H,12H2,1-2H3,(H2,26,28,31). The summed E-state index contributed by atoms with van der Waals surface area (Å²) < 4.78 is 40.6. The maximum absolute atomic E-state index is 12.3. The van der Waals surface area contributed by atoms with Crippen LogP contribution in [-0.2, 0) is 7.05 Å². The largest absolute Gasteiger partial charge is 0.405 e. The van der Waals surface area contributed by atoms with Crippen LogP contribution in [0.2, 0.25) is 0 Å². The molecule has 160 valence electrons. The Hall–Kier alpha value is -3.82. The van der Waals surface area contributed by atoms with Gasteiger partial charge in [0.05, 0.1) is 17.6 Å². The van der Waals surface area contributed by atoms with Gasteiger partial charge in [0.25, 0.3) is 0 Å². The zero-order valence-corrected chi connectivity index (χ0v) is 16.7. The molecule has 0 atom stereocenters. The molecule has 3 aromatic heterocycles. The lowest BCUT2D eigenvalue weighted by molar-refractivity contribution is -0.122. The summed E-state index contributed by atoms with van der Waals surface area (Å²) in [7, 11) is 1.93. The summed E-state index contributed by atoms with van der Waals surface area (Å²) in [5, 5.41) is 4.19. The number of aromatic nitrogens is 4. The number of benzene rings is 1. The van der Waals surface area contributed by atoms with Crippen LogP contribution in [0.15, 0.2) is 55.0 Å². The number of carbonyl (C=O) groups is 1. The molecular formula is C21H19F3N6O. The molecule has 0 saturated heterocycles. The number of nitrogens with one attached hydrogen (secondary N) is 2. The first-order valence-electron chi connectivity index (χ1n) is 9.39. The van der Waals surface area contributed by atoms with Crippen molar-refractivity contribution in [3.63, 3.8) is 0 Å². The summed E-state index contributed by atoms with van der Waals surface area (Å²) in [5.41, 5.74) is 4.40. The number of fused-ring (bicyclic) bond motifs is 1. The van der Waals surface area contributed by atoms with Crippen LogP contribution in [0.3, 0.4) is 0 Å². The van der Waals surface area contributed by atoms with Crippen molar-refractivity contribution in [2.75, 3.05) is 11.9 Å². The fourth-order valence-electron chi connectivity index (χ4n) is 3.16. The first kappa shape index (κ1) is 20.5. The number of imidazole rings is 2. The molecule has 0 unspecified atom stereocenters. The molecular weight excluding hydrogens is 409 g/mol. The summed E-state index contributed by atoms with van der Waals surface area (Å²) in [5.74, 6) is 0.905. The normalized spacial score (nSPS) is 11.6. The smallest absolute Gasteiger partial charge is 0.338 e. The topological polar surface area (TPSA) is 76.2 Å². The second-order valence-corrected chi connectivity index (χ2v) is 7.07. The summed E-state index contributed by atoms with van der Waals surface area (Å²) >= 11 is 0. The molecule has 4 rings (SSSR count). The predicted octanol–water partition coefficient (Wildman–Crippen LogP) is 4.39. The molecule has 1 aromatic carbocycles. The molecule has 0 fully saturated rings. The number of hydrogen-bond donors (Lipinski definition) is 2. The Morgan fingerprint density at radius 1 is 1.16 bits per heavy atom. The van der Waals surface area contributed by atoms with Gasteiger partial charge < -0.3 is 15.2 Å². The zero-order chi connectivity index (χ0) is 22.2. The number of pyridine rings is 1. The molecule has 0 aliphatic rings. The number of halogens is 3. The van der Waals surface area contributed by atoms with Crippen molar-refractivity contribution < 1.29 is 18.0 Å². The molecule has 0 bridgehead atoms. The van der Waals surface area contributed by atoms with Crippen LogP contribution in [-0.4, -0.2) is 37.7 Å². The Labute approximate surface area is 175 Å². The molecule has 2 amide bonds. The van der Waals surface area contributed by atoms with Gasteiger partial charge in [-0.15, -0.1) is 0 Å². The van der Waals surface area contributed by atoms with E-state index in [1.165, 1.54) is 0 Å². The van der Waals surface area contributed by atoms with Crippen molar-refractivity contribution in [1.29, 1.82) is 0 Å². The van der Waals surface area contributed by atoms with Crippen molar-refractivity contribution in [3.05, 3.63) is 60.8 Å². The van der Waals surface area contributed by atoms with E-state index in [4.69, 9.17) is 0 Å². The van der Waals surface area contributed by atoms with Gasteiger partial charge in [0.15, 0.2) is 0 Å². The van der Waals surface area contributed by atoms with E-state index < -0.39 is 18.8 Å². The lowest BCUT2D eigenvalue weighted by Gasteiger charge is -2.11. The number of hydrogen-bond acceptors (Lipinski definition) is 3. The maximum atomic E-state index is 12.3. The van der Waals surface area contributed by atoms with Crippen molar-refractivity contribution in [1.82, 2.24) is 24.3 Å². The van der Waals surface area contributed by atoms with Gasteiger partial charge in [-0.1, -0.05) is 12.1 Å². The highest BCUT2D eigenvalue weighted by molar-refractivity contribution is 5.90. The molecule has 0 radical (unpaired) electrons. The number of amides is 2. The average molecular weight is 428 g/mol. The molecule has 0 spiro atoms. The second kappa shape index (κ2) is 7.78. The Balaban J connectivity index is 1.57. The quantitative estimate of drug-likeness (QED) is 0.506. The highest BCUT2D eigenvalue weighted by Gasteiger charge is 2.27. The number of nitrogens with zero attached hydrogens (tertiary/aromatic N) is 4. The third-order valence-electron chi connectivity index (χ3n) is 4.78. The van der Waals surface area contributed by atoms with E-state index in [1.807, 2.05) is 53.5 Å². The van der Waals surface area contributed by atoms with E-state index in [2.05, 4.69) is 15.3 Å². The molecule has 2 N–H and O–H groups in total. The van der Waals surface area contributed by atoms with E-state index >= 15 is 0 Å². The van der Waals surface area contributed by atoms with Gasteiger partial charge in [-0.25, -0.2) is 14.8 Å². The Kier molecular flexibility index (Phi) is 5.14. The molecule has 7 nitrogen and oxygen atoms in total. The van der Waals surface area contributed by atoms with Crippen LogP contribution in [0, 0.1) is 6.92 Å². The van der Waals surface area contributed by atoms with Gasteiger partial charge in [0, 0.05) is 36.3 Å². The van der Waals surface area contributed by atoms with Crippen LogP contribution < -0.4 is 10.6 Å². The number of aryl methyl sites for hydroxylation is 2. The van der Waals surface area contributed by atoms with Gasteiger partial charge in [0.2, 0.25) is 0 Å². The van der Waals surface area contributed by atoms with Crippen molar-refractivity contribution >= 4 is 17.4 Å². The van der Waals surface area contributed by atoms with Crippen LogP contribution >= 0.6 is 0 Å². The lowest BCUT2D eigenvalue weighted by Crippen LogP contribution is -2.36. The number of urea groups is 1. The van der Waals surface area contributed by atoms with Gasteiger partial charge >= 0.3 is 12.2 Å². The summed E-state index contributed by atoms with van der Waals surface area (Å²) in [6.07, 6.45) is 1.06. The lowest BCUT2D eigenvalue weighted by atomic mass is 10.1. The van der Waals surface area contributed by atoms with Gasteiger partial charge in [-0.3, -0.25) is 4.40 Å². The van der Waals surface area contributed by atoms with Crippen LogP contribution in [0.4, 0.5) is 23.7 Å². The van der Waals surface area contributed by atoms with Crippen LogP contribution in [0.5, 0.6) is 0 Å². The van der Waals surface area contributed by atoms with E-state index in [9.17, 15) is 18.0 Å². The Morgan fingerprint density at radius 2 is 1.97 bits per heavy atom. The molecule has 0 saturated carbocycles. The Morgan fingerprint density at radius 3 is 2.68 bits per heavy atom. The third kappa shape index (κ3) is 4.52. The zero-order valence-electron chi connectivity index (χ0n) is 16.7. The molecule has 10 heteroatoms. The molecule has 0 aliphatic heterocycles. The van der Waals surface area contributed by atoms with Gasteiger partial charge in [-0.05, 0) is 31.2 Å². The molecule has 3 heterocycles. The van der Waals surface area contributed by atoms with Crippen molar-refractivity contribution in [2.24, 2.45) is 7.05 Å².